The molecular formula is C13H5N6O12. The molecule has 31 heavy (non-hydrogen) atoms. The number of rotatable bonds is 8. The summed E-state index contributed by atoms with van der Waals surface area (Å²) in [7, 11) is 0. The Bertz CT molecular complexity index is 1100. The van der Waals surface area contributed by atoms with Crippen molar-refractivity contribution in [3.05, 3.63) is 102 Å². The fraction of sp³-hybridized carbons (Fsp3) is 0. The van der Waals surface area contributed by atoms with E-state index in [9.17, 15) is 60.7 Å². The summed E-state index contributed by atoms with van der Waals surface area (Å²) >= 11 is 0. The van der Waals surface area contributed by atoms with Crippen LogP contribution in [0.5, 0.6) is 0 Å². The van der Waals surface area contributed by atoms with E-state index in [2.05, 4.69) is 0 Å². The van der Waals surface area contributed by atoms with Gasteiger partial charge in [-0.3, -0.25) is 60.7 Å². The van der Waals surface area contributed by atoms with Gasteiger partial charge in [0.25, 0.3) is 11.4 Å². The normalized spacial score (nSPS) is 10.3. The minimum absolute atomic E-state index is 0.201. The molecule has 0 amide bonds. The van der Waals surface area contributed by atoms with Crippen molar-refractivity contribution in [2.24, 2.45) is 0 Å². The van der Waals surface area contributed by atoms with Crippen LogP contribution in [-0.4, -0.2) is 29.5 Å². The Hall–Kier alpha value is -5.16. The monoisotopic (exact) mass is 437 g/mol. The molecule has 18 nitrogen and oxygen atoms in total. The van der Waals surface area contributed by atoms with Crippen molar-refractivity contribution in [1.29, 1.82) is 0 Å². The highest BCUT2D eigenvalue weighted by Gasteiger charge is 2.41. The average Bonchev–Trinajstić information content (AvgIpc) is 2.65. The highest BCUT2D eigenvalue weighted by atomic mass is 16.7. The topological polar surface area (TPSA) is 259 Å². The van der Waals surface area contributed by atoms with Crippen molar-refractivity contribution in [2.75, 3.05) is 0 Å². The summed E-state index contributed by atoms with van der Waals surface area (Å²) in [6.07, 6.45) is 0.201. The van der Waals surface area contributed by atoms with Gasteiger partial charge in [-0.25, -0.2) is 0 Å². The predicted molar refractivity (Wildman–Crippen MR) is 95.3 cm³/mol. The SMILES string of the molecule is O=[N+]([O-])c1ccc([N+](=O)[O-])c([N+](=O)[O-])c1[CH]c1c([N+](=O)[O-])ccc([N+](=O)[O-])c1[N+](=O)[O-]. The van der Waals surface area contributed by atoms with E-state index in [1.165, 1.54) is 0 Å². The van der Waals surface area contributed by atoms with E-state index in [1.54, 1.807) is 0 Å². The van der Waals surface area contributed by atoms with Crippen molar-refractivity contribution < 1.29 is 29.5 Å². The summed E-state index contributed by atoms with van der Waals surface area (Å²) in [6.45, 7) is 0. The van der Waals surface area contributed by atoms with Crippen LogP contribution in [0.4, 0.5) is 34.1 Å². The first-order valence-electron chi connectivity index (χ1n) is 7.43. The molecule has 0 saturated heterocycles. The molecular weight excluding hydrogens is 432 g/mol. The van der Waals surface area contributed by atoms with E-state index < -0.39 is 74.8 Å². The Labute approximate surface area is 167 Å². The molecule has 0 aliphatic rings. The molecule has 0 aliphatic carbocycles. The van der Waals surface area contributed by atoms with Crippen LogP contribution in [0.3, 0.4) is 0 Å². The van der Waals surface area contributed by atoms with Crippen molar-refractivity contribution in [3.8, 4) is 0 Å². The number of benzene rings is 2. The van der Waals surface area contributed by atoms with Crippen LogP contribution in [0.25, 0.3) is 0 Å². The van der Waals surface area contributed by atoms with Gasteiger partial charge < -0.3 is 0 Å². The first-order chi connectivity index (χ1) is 14.4. The van der Waals surface area contributed by atoms with Crippen molar-refractivity contribution in [3.63, 3.8) is 0 Å². The minimum atomic E-state index is -1.49. The molecule has 18 heteroatoms. The van der Waals surface area contributed by atoms with Gasteiger partial charge in [-0.15, -0.1) is 0 Å². The molecule has 0 saturated carbocycles. The lowest BCUT2D eigenvalue weighted by atomic mass is 9.97. The third-order valence-corrected chi connectivity index (χ3v) is 3.79. The third-order valence-electron chi connectivity index (χ3n) is 3.79. The molecule has 159 valence electrons. The van der Waals surface area contributed by atoms with E-state index in [1.807, 2.05) is 0 Å². The summed E-state index contributed by atoms with van der Waals surface area (Å²) in [5.74, 6) is 0. The number of hydrogen-bond acceptors (Lipinski definition) is 12. The Kier molecular flexibility index (Phi) is 5.76. The molecule has 2 aromatic carbocycles. The van der Waals surface area contributed by atoms with Gasteiger partial charge in [-0.1, -0.05) is 0 Å². The van der Waals surface area contributed by atoms with Crippen LogP contribution in [-0.2, 0) is 0 Å². The smallest absolute Gasteiger partial charge is 0.258 e. The highest BCUT2D eigenvalue weighted by molar-refractivity contribution is 5.76. The second kappa shape index (κ2) is 8.06. The minimum Gasteiger partial charge on any atom is -0.258 e. The average molecular weight is 437 g/mol. The quantitative estimate of drug-likeness (QED) is 0.426. The van der Waals surface area contributed by atoms with Crippen LogP contribution in [0, 0.1) is 67.1 Å². The summed E-state index contributed by atoms with van der Waals surface area (Å²) < 4.78 is 0. The van der Waals surface area contributed by atoms with Crippen molar-refractivity contribution in [1.82, 2.24) is 0 Å². The largest absolute Gasteiger partial charge is 0.356 e. The molecule has 1 radical (unpaired) electrons. The van der Waals surface area contributed by atoms with Gasteiger partial charge in [-0.2, -0.15) is 0 Å². The molecule has 0 fully saturated rings. The van der Waals surface area contributed by atoms with Gasteiger partial charge in [0.1, 0.15) is 11.1 Å². The van der Waals surface area contributed by atoms with Gasteiger partial charge >= 0.3 is 22.7 Å². The van der Waals surface area contributed by atoms with Crippen molar-refractivity contribution >= 4 is 34.1 Å². The van der Waals surface area contributed by atoms with E-state index in [-0.39, 0.29) is 6.42 Å². The standard InChI is InChI=1S/C13H5N6O12/c20-14(21)8-1-3-10(16(24)25)12(18(28)29)6(8)5-7-9(15(22)23)2-4-11(17(26)27)13(7)19(30)31/h1-5H. The molecule has 0 bridgehead atoms. The van der Waals surface area contributed by atoms with Gasteiger partial charge in [0, 0.05) is 30.7 Å². The molecule has 2 aromatic rings. The zero-order valence-electron chi connectivity index (χ0n) is 14.5. The number of nitrogens with zero attached hydrogens (tertiary/aromatic N) is 6. The Balaban J connectivity index is 3.02. The van der Waals surface area contributed by atoms with E-state index in [0.29, 0.717) is 24.3 Å². The lowest BCUT2D eigenvalue weighted by molar-refractivity contribution is -0.425. The van der Waals surface area contributed by atoms with Gasteiger partial charge in [0.2, 0.25) is 0 Å². The molecule has 0 aliphatic heterocycles. The van der Waals surface area contributed by atoms with Gasteiger partial charge in [0.15, 0.2) is 0 Å². The Morgan fingerprint density at radius 3 is 0.935 bits per heavy atom. The molecule has 0 unspecified atom stereocenters. The van der Waals surface area contributed by atoms with E-state index >= 15 is 0 Å². The summed E-state index contributed by atoms with van der Waals surface area (Å²) in [5.41, 5.74) is -10.2. The summed E-state index contributed by atoms with van der Waals surface area (Å²) in [4.78, 5) is 59.9. The maximum atomic E-state index is 11.4. The van der Waals surface area contributed by atoms with Crippen molar-refractivity contribution in [2.45, 2.75) is 0 Å². The summed E-state index contributed by atoms with van der Waals surface area (Å²) in [5, 5.41) is 67.6. The molecule has 2 rings (SSSR count). The fourth-order valence-electron chi connectivity index (χ4n) is 2.60. The molecule has 0 aromatic heterocycles. The predicted octanol–water partition coefficient (Wildman–Crippen LogP) is 2.74. The number of hydrogen-bond donors (Lipinski definition) is 0. The van der Waals surface area contributed by atoms with Crippen LogP contribution >= 0.6 is 0 Å². The van der Waals surface area contributed by atoms with Crippen LogP contribution in [0.2, 0.25) is 0 Å². The second-order valence-corrected chi connectivity index (χ2v) is 5.42. The molecule has 0 N–H and O–H groups in total. The zero-order valence-corrected chi connectivity index (χ0v) is 14.5. The van der Waals surface area contributed by atoms with E-state index in [0.717, 1.165) is 0 Å². The fourth-order valence-corrected chi connectivity index (χ4v) is 2.60. The lowest BCUT2D eigenvalue weighted by Gasteiger charge is -2.07. The third kappa shape index (κ3) is 4.01. The Morgan fingerprint density at radius 2 is 0.710 bits per heavy atom. The van der Waals surface area contributed by atoms with Gasteiger partial charge in [-0.05, 0) is 0 Å². The van der Waals surface area contributed by atoms with Crippen LogP contribution < -0.4 is 0 Å². The molecule has 0 spiro atoms. The highest BCUT2D eigenvalue weighted by Crippen LogP contribution is 2.44. The second-order valence-electron chi connectivity index (χ2n) is 5.42. The lowest BCUT2D eigenvalue weighted by Crippen LogP contribution is -2.08. The van der Waals surface area contributed by atoms with Crippen LogP contribution in [0.15, 0.2) is 24.3 Å². The van der Waals surface area contributed by atoms with Crippen LogP contribution in [0.1, 0.15) is 11.1 Å². The number of nitro groups is 6. The molecule has 0 atom stereocenters. The van der Waals surface area contributed by atoms with Gasteiger partial charge in [0.05, 0.1) is 29.5 Å². The summed E-state index contributed by atoms with van der Waals surface area (Å²) in [6, 6.07) is 1.83. The first kappa shape index (κ1) is 22.1. The maximum Gasteiger partial charge on any atom is 0.356 e. The zero-order chi connectivity index (χ0) is 23.6. The Morgan fingerprint density at radius 1 is 0.452 bits per heavy atom. The maximum absolute atomic E-state index is 11.4. The number of nitro benzene ring substituents is 6. The van der Waals surface area contributed by atoms with E-state index in [4.69, 9.17) is 0 Å². The molecule has 0 heterocycles. The first-order valence-corrected chi connectivity index (χ1v) is 7.43.